The monoisotopic (exact) mass is 401 g/mol. The van der Waals surface area contributed by atoms with Gasteiger partial charge < -0.3 is 5.32 Å². The zero-order valence-electron chi connectivity index (χ0n) is 16.4. The van der Waals surface area contributed by atoms with Crippen LogP contribution >= 0.6 is 11.8 Å². The molecule has 1 N–H and O–H groups in total. The van der Waals surface area contributed by atoms with Crippen LogP contribution in [-0.4, -0.2) is 0 Å². The zero-order valence-corrected chi connectivity index (χ0v) is 17.3. The quantitative estimate of drug-likeness (QED) is 0.365. The first-order valence-electron chi connectivity index (χ1n) is 10.2. The summed E-state index contributed by atoms with van der Waals surface area (Å²) in [6.07, 6.45) is 5.57. The van der Waals surface area contributed by atoms with E-state index >= 15 is 0 Å². The van der Waals surface area contributed by atoms with Crippen LogP contribution in [0.1, 0.15) is 40.6 Å². The van der Waals surface area contributed by atoms with E-state index < -0.39 is 0 Å². The molecule has 0 aromatic heterocycles. The lowest BCUT2D eigenvalue weighted by Gasteiger charge is -2.38. The van der Waals surface area contributed by atoms with Crippen molar-refractivity contribution >= 4 is 17.4 Å². The molecule has 29 heavy (non-hydrogen) atoms. The minimum absolute atomic E-state index is 0.00643. The summed E-state index contributed by atoms with van der Waals surface area (Å²) in [5.41, 5.74) is 5.91. The Morgan fingerprint density at radius 1 is 1.00 bits per heavy atom. The van der Waals surface area contributed by atoms with Gasteiger partial charge in [-0.25, -0.2) is 4.39 Å². The lowest BCUT2D eigenvalue weighted by molar-refractivity contribution is 0.413. The molecular weight excluding hydrogens is 377 g/mol. The average molecular weight is 402 g/mol. The Bertz CT molecular complexity index is 1060. The highest BCUT2D eigenvalue weighted by molar-refractivity contribution is 7.98. The summed E-state index contributed by atoms with van der Waals surface area (Å²) >= 11 is 1.87. The number of hydrogen-bond donors (Lipinski definition) is 1. The van der Waals surface area contributed by atoms with Crippen molar-refractivity contribution in [2.45, 2.75) is 36.0 Å². The predicted molar refractivity (Wildman–Crippen MR) is 120 cm³/mol. The molecule has 0 saturated heterocycles. The number of nitrogens with one attached hydrogen (secondary N) is 1. The van der Waals surface area contributed by atoms with Crippen LogP contribution in [-0.2, 0) is 5.75 Å². The molecule has 0 spiro atoms. The standard InChI is InChI=1S/C26H24FNS/c1-17-14-18(16-29-19-8-3-2-4-9-19)15-23-20-11-7-12-21(20)26(28-25(17)23)22-10-5-6-13-24(22)27/h2-11,13-15,20-21,26,28H,12,16H2,1H3/t20-,21+,26-/m0/s1. The molecule has 3 aromatic carbocycles. The number of allylic oxidation sites excluding steroid dienone is 2. The minimum atomic E-state index is -0.118. The lowest BCUT2D eigenvalue weighted by Crippen LogP contribution is -2.30. The molecule has 1 aliphatic heterocycles. The first kappa shape index (κ1) is 18.5. The summed E-state index contributed by atoms with van der Waals surface area (Å²) in [4.78, 5) is 1.29. The van der Waals surface area contributed by atoms with Crippen molar-refractivity contribution in [3.63, 3.8) is 0 Å². The second-order valence-electron chi connectivity index (χ2n) is 7.98. The second-order valence-corrected chi connectivity index (χ2v) is 9.02. The van der Waals surface area contributed by atoms with Gasteiger partial charge in [-0.1, -0.05) is 60.7 Å². The Kier molecular flexibility index (Phi) is 4.92. The van der Waals surface area contributed by atoms with E-state index in [-0.39, 0.29) is 11.9 Å². The maximum absolute atomic E-state index is 14.6. The zero-order chi connectivity index (χ0) is 19.8. The maximum Gasteiger partial charge on any atom is 0.128 e. The first-order chi connectivity index (χ1) is 14.2. The number of benzene rings is 3. The average Bonchev–Trinajstić information content (AvgIpc) is 3.24. The number of anilines is 1. The number of aryl methyl sites for hydroxylation is 1. The molecule has 0 radical (unpaired) electrons. The van der Waals surface area contributed by atoms with E-state index in [0.29, 0.717) is 11.8 Å². The normalized spacial score (nSPS) is 22.1. The van der Waals surface area contributed by atoms with Crippen LogP contribution in [0.4, 0.5) is 10.1 Å². The van der Waals surface area contributed by atoms with Gasteiger partial charge in [-0.15, -0.1) is 11.8 Å². The van der Waals surface area contributed by atoms with Crippen molar-refractivity contribution in [2.24, 2.45) is 5.92 Å². The Hall–Kier alpha value is -2.52. The summed E-state index contributed by atoms with van der Waals surface area (Å²) in [6, 6.07) is 22.4. The fraction of sp³-hybridized carbons (Fsp3) is 0.231. The second kappa shape index (κ2) is 7.72. The SMILES string of the molecule is Cc1cc(CSc2ccccc2)cc2c1N[C@H](c1ccccc1F)[C@@H]1CC=C[C@H]21. The highest BCUT2D eigenvalue weighted by Gasteiger charge is 2.39. The van der Waals surface area contributed by atoms with Crippen molar-refractivity contribution in [1.29, 1.82) is 0 Å². The molecule has 0 fully saturated rings. The van der Waals surface area contributed by atoms with Crippen LogP contribution in [0, 0.1) is 18.7 Å². The molecule has 2 aliphatic rings. The molecule has 3 aromatic rings. The van der Waals surface area contributed by atoms with E-state index in [1.807, 2.05) is 23.9 Å². The van der Waals surface area contributed by atoms with Crippen molar-refractivity contribution in [2.75, 3.05) is 5.32 Å². The summed E-state index contributed by atoms with van der Waals surface area (Å²) in [6.45, 7) is 2.17. The highest BCUT2D eigenvalue weighted by Crippen LogP contribution is 2.51. The van der Waals surface area contributed by atoms with E-state index in [1.54, 1.807) is 12.1 Å². The van der Waals surface area contributed by atoms with E-state index in [0.717, 1.165) is 17.7 Å². The Morgan fingerprint density at radius 2 is 1.79 bits per heavy atom. The largest absolute Gasteiger partial charge is 0.377 e. The molecule has 0 bridgehead atoms. The molecule has 5 rings (SSSR count). The smallest absolute Gasteiger partial charge is 0.128 e. The maximum atomic E-state index is 14.6. The number of thioether (sulfide) groups is 1. The predicted octanol–water partition coefficient (Wildman–Crippen LogP) is 7.25. The van der Waals surface area contributed by atoms with E-state index in [2.05, 4.69) is 66.9 Å². The van der Waals surface area contributed by atoms with Crippen LogP contribution in [0.5, 0.6) is 0 Å². The van der Waals surface area contributed by atoms with Gasteiger partial charge in [-0.2, -0.15) is 0 Å². The third-order valence-corrected chi connectivity index (χ3v) is 7.20. The molecule has 0 amide bonds. The molecule has 0 unspecified atom stereocenters. The summed E-state index contributed by atoms with van der Waals surface area (Å²) in [5.74, 6) is 1.54. The van der Waals surface area contributed by atoms with Gasteiger partial charge in [0.1, 0.15) is 5.82 Å². The number of fused-ring (bicyclic) bond motifs is 3. The van der Waals surface area contributed by atoms with Crippen LogP contribution in [0.2, 0.25) is 0 Å². The Balaban J connectivity index is 1.48. The topological polar surface area (TPSA) is 12.0 Å². The number of hydrogen-bond acceptors (Lipinski definition) is 2. The molecule has 1 aliphatic carbocycles. The van der Waals surface area contributed by atoms with E-state index in [9.17, 15) is 4.39 Å². The molecule has 1 nitrogen and oxygen atoms in total. The molecular formula is C26H24FNS. The van der Waals surface area contributed by atoms with E-state index in [1.165, 1.54) is 27.3 Å². The van der Waals surface area contributed by atoms with Crippen molar-refractivity contribution in [3.05, 3.63) is 107 Å². The Labute approximate surface area is 176 Å². The summed E-state index contributed by atoms with van der Waals surface area (Å²) < 4.78 is 14.6. The van der Waals surface area contributed by atoms with Gasteiger partial charge in [-0.3, -0.25) is 0 Å². The van der Waals surface area contributed by atoms with E-state index in [4.69, 9.17) is 0 Å². The summed E-state index contributed by atoms with van der Waals surface area (Å²) in [7, 11) is 0. The molecule has 1 heterocycles. The van der Waals surface area contributed by atoms with Crippen LogP contribution in [0.25, 0.3) is 0 Å². The fourth-order valence-electron chi connectivity index (χ4n) is 4.77. The van der Waals surface area contributed by atoms with Crippen molar-refractivity contribution in [1.82, 2.24) is 0 Å². The fourth-order valence-corrected chi connectivity index (χ4v) is 5.62. The van der Waals surface area contributed by atoms with Gasteiger partial charge in [0.15, 0.2) is 0 Å². The minimum Gasteiger partial charge on any atom is -0.377 e. The molecule has 3 atom stereocenters. The third kappa shape index (κ3) is 3.49. The third-order valence-electron chi connectivity index (χ3n) is 6.11. The van der Waals surface area contributed by atoms with Crippen LogP contribution < -0.4 is 5.32 Å². The van der Waals surface area contributed by atoms with Gasteiger partial charge in [0.2, 0.25) is 0 Å². The number of rotatable bonds is 4. The lowest BCUT2D eigenvalue weighted by atomic mass is 9.76. The molecule has 0 saturated carbocycles. The van der Waals surface area contributed by atoms with Crippen LogP contribution in [0.3, 0.4) is 0 Å². The van der Waals surface area contributed by atoms with Crippen LogP contribution in [0.15, 0.2) is 83.8 Å². The van der Waals surface area contributed by atoms with Gasteiger partial charge in [0.05, 0.1) is 6.04 Å². The first-order valence-corrected chi connectivity index (χ1v) is 11.2. The van der Waals surface area contributed by atoms with Gasteiger partial charge >= 0.3 is 0 Å². The van der Waals surface area contributed by atoms with Gasteiger partial charge in [0.25, 0.3) is 0 Å². The van der Waals surface area contributed by atoms with Gasteiger partial charge in [0, 0.05) is 27.8 Å². The highest BCUT2D eigenvalue weighted by atomic mass is 32.2. The molecule has 146 valence electrons. The number of halogens is 1. The molecule has 3 heteroatoms. The van der Waals surface area contributed by atoms with Crippen molar-refractivity contribution in [3.8, 4) is 0 Å². The van der Waals surface area contributed by atoms with Crippen molar-refractivity contribution < 1.29 is 4.39 Å². The van der Waals surface area contributed by atoms with Gasteiger partial charge in [-0.05, 0) is 54.2 Å². The Morgan fingerprint density at radius 3 is 2.62 bits per heavy atom. The summed E-state index contributed by atoms with van der Waals surface area (Å²) in [5, 5.41) is 3.71.